The van der Waals surface area contributed by atoms with Gasteiger partial charge in [0.1, 0.15) is 0 Å². The molecule has 0 amide bonds. The first-order valence-corrected chi connectivity index (χ1v) is 10.7. The SMILES string of the molecule is O=S(=O)(c1ccccc1)C(F)(F)C(F)(F)N(Cc1ccccc1)S(=O)(=O)C(F)(F)F. The topological polar surface area (TPSA) is 71.5 Å². The molecule has 166 valence electrons. The van der Waals surface area contributed by atoms with Gasteiger partial charge in [-0.25, -0.2) is 16.8 Å². The van der Waals surface area contributed by atoms with Gasteiger partial charge in [-0.1, -0.05) is 48.5 Å². The molecule has 0 aliphatic heterocycles. The maximum Gasteiger partial charge on any atom is 0.511 e. The number of sulfone groups is 1. The molecule has 0 spiro atoms. The normalized spacial score (nSPS) is 14.1. The third-order valence-electron chi connectivity index (χ3n) is 3.81. The second kappa shape index (κ2) is 7.81. The monoisotopic (exact) mass is 479 g/mol. The Bertz CT molecular complexity index is 1090. The molecule has 0 fully saturated rings. The standard InChI is InChI=1S/C16H12F7NO4S2/c17-14(18,15(19,20)29(25,26)13-9-5-2-6-10-13)24(30(27,28)16(21,22)23)11-12-7-3-1-4-8-12/h1-10H,11H2. The van der Waals surface area contributed by atoms with Crippen molar-refractivity contribution in [3.63, 3.8) is 0 Å². The Labute approximate surface area is 166 Å². The highest BCUT2D eigenvalue weighted by Crippen LogP contribution is 2.47. The van der Waals surface area contributed by atoms with Crippen molar-refractivity contribution in [2.45, 2.75) is 28.2 Å². The summed E-state index contributed by atoms with van der Waals surface area (Å²) in [4.78, 5) is -1.33. The number of benzene rings is 2. The number of alkyl halides is 7. The van der Waals surface area contributed by atoms with Crippen molar-refractivity contribution in [3.05, 3.63) is 66.2 Å². The van der Waals surface area contributed by atoms with Crippen molar-refractivity contribution in [2.75, 3.05) is 0 Å². The molecule has 0 aromatic heterocycles. The summed E-state index contributed by atoms with van der Waals surface area (Å²) in [5, 5.41) is -6.24. The molecule has 0 saturated carbocycles. The van der Waals surface area contributed by atoms with Crippen molar-refractivity contribution in [1.29, 1.82) is 0 Å². The lowest BCUT2D eigenvalue weighted by Crippen LogP contribution is -2.61. The number of nitrogens with zero attached hydrogens (tertiary/aromatic N) is 1. The Kier molecular flexibility index (Phi) is 6.27. The first-order chi connectivity index (χ1) is 13.6. The fraction of sp³-hybridized carbons (Fsp3) is 0.250. The lowest BCUT2D eigenvalue weighted by Gasteiger charge is -2.35. The summed E-state index contributed by atoms with van der Waals surface area (Å²) in [5.41, 5.74) is -6.92. The fourth-order valence-corrected chi connectivity index (χ4v) is 4.55. The molecule has 0 saturated heterocycles. The van der Waals surface area contributed by atoms with Crippen molar-refractivity contribution in [2.24, 2.45) is 0 Å². The first kappa shape index (κ1) is 24.1. The average Bonchev–Trinajstić information content (AvgIpc) is 2.66. The van der Waals surface area contributed by atoms with Gasteiger partial charge in [-0.2, -0.15) is 30.7 Å². The molecule has 0 bridgehead atoms. The molecule has 0 unspecified atom stereocenters. The molecule has 0 heterocycles. The third kappa shape index (κ3) is 4.03. The molecule has 0 atom stereocenters. The van der Waals surface area contributed by atoms with Gasteiger partial charge in [-0.3, -0.25) is 0 Å². The van der Waals surface area contributed by atoms with Gasteiger partial charge in [-0.15, -0.1) is 4.31 Å². The van der Waals surface area contributed by atoms with Crippen LogP contribution in [-0.2, 0) is 26.4 Å². The number of hydrogen-bond acceptors (Lipinski definition) is 4. The van der Waals surface area contributed by atoms with Crippen molar-refractivity contribution < 1.29 is 47.6 Å². The maximum atomic E-state index is 14.7. The highest BCUT2D eigenvalue weighted by atomic mass is 32.2. The molecule has 2 aromatic carbocycles. The average molecular weight is 479 g/mol. The molecule has 0 radical (unpaired) electrons. The molecule has 2 rings (SSSR count). The first-order valence-electron chi connectivity index (χ1n) is 7.75. The van der Waals surface area contributed by atoms with E-state index < -0.39 is 58.0 Å². The number of rotatable bonds is 7. The Balaban J connectivity index is 2.69. The van der Waals surface area contributed by atoms with Crippen LogP contribution in [0.3, 0.4) is 0 Å². The summed E-state index contributed by atoms with van der Waals surface area (Å²) in [6.07, 6.45) is 0. The lowest BCUT2D eigenvalue weighted by molar-refractivity contribution is -0.225. The fourth-order valence-electron chi connectivity index (χ4n) is 2.26. The van der Waals surface area contributed by atoms with Crippen LogP contribution >= 0.6 is 0 Å². The van der Waals surface area contributed by atoms with Crippen LogP contribution in [0.1, 0.15) is 5.56 Å². The summed E-state index contributed by atoms with van der Waals surface area (Å²) in [6, 6.07) is 3.09. The van der Waals surface area contributed by atoms with Gasteiger partial charge in [-0.05, 0) is 17.7 Å². The molecule has 2 aromatic rings. The van der Waals surface area contributed by atoms with Gasteiger partial charge < -0.3 is 0 Å². The number of hydrogen-bond donors (Lipinski definition) is 0. The van der Waals surface area contributed by atoms with Crippen LogP contribution in [0.4, 0.5) is 30.7 Å². The number of halogens is 7. The molecule has 5 nitrogen and oxygen atoms in total. The summed E-state index contributed by atoms with van der Waals surface area (Å²) >= 11 is 0. The van der Waals surface area contributed by atoms with E-state index in [1.165, 1.54) is 12.1 Å². The Morgan fingerprint density at radius 3 is 1.57 bits per heavy atom. The summed E-state index contributed by atoms with van der Waals surface area (Å²) in [7, 11) is -13.4. The molecular formula is C16H12F7NO4S2. The van der Waals surface area contributed by atoms with E-state index >= 15 is 0 Å². The Morgan fingerprint density at radius 2 is 1.13 bits per heavy atom. The van der Waals surface area contributed by atoms with Gasteiger partial charge in [0.2, 0.25) is 0 Å². The van der Waals surface area contributed by atoms with E-state index in [0.29, 0.717) is 12.1 Å². The van der Waals surface area contributed by atoms with E-state index in [1.807, 2.05) is 0 Å². The largest absolute Gasteiger partial charge is 0.511 e. The van der Waals surface area contributed by atoms with Gasteiger partial charge >= 0.3 is 26.8 Å². The maximum absolute atomic E-state index is 14.7. The van der Waals surface area contributed by atoms with E-state index in [0.717, 1.165) is 36.4 Å². The minimum Gasteiger partial charge on any atom is -0.217 e. The minimum atomic E-state index is -7.08. The summed E-state index contributed by atoms with van der Waals surface area (Å²) in [6.45, 7) is -1.87. The molecule has 0 N–H and O–H groups in total. The van der Waals surface area contributed by atoms with Crippen molar-refractivity contribution >= 4 is 19.9 Å². The second-order valence-electron chi connectivity index (χ2n) is 5.82. The van der Waals surface area contributed by atoms with E-state index in [2.05, 4.69) is 0 Å². The van der Waals surface area contributed by atoms with Crippen LogP contribution in [0.5, 0.6) is 0 Å². The highest BCUT2D eigenvalue weighted by molar-refractivity contribution is 7.92. The van der Waals surface area contributed by atoms with Crippen molar-refractivity contribution in [1.82, 2.24) is 4.31 Å². The highest BCUT2D eigenvalue weighted by Gasteiger charge is 2.73. The minimum absolute atomic E-state index is 0.513. The van der Waals surface area contributed by atoms with Crippen LogP contribution in [0, 0.1) is 0 Å². The zero-order valence-corrected chi connectivity index (χ0v) is 16.2. The van der Waals surface area contributed by atoms with Crippen LogP contribution in [-0.4, -0.2) is 38.0 Å². The van der Waals surface area contributed by atoms with Crippen LogP contribution in [0.25, 0.3) is 0 Å². The van der Waals surface area contributed by atoms with E-state index in [9.17, 15) is 47.6 Å². The zero-order valence-electron chi connectivity index (χ0n) is 14.5. The van der Waals surface area contributed by atoms with Crippen LogP contribution < -0.4 is 0 Å². The second-order valence-corrected chi connectivity index (χ2v) is 9.66. The summed E-state index contributed by atoms with van der Waals surface area (Å²) in [5.74, 6) is 0. The third-order valence-corrected chi connectivity index (χ3v) is 7.14. The lowest BCUT2D eigenvalue weighted by atomic mass is 10.2. The van der Waals surface area contributed by atoms with Gasteiger partial charge in [0.25, 0.3) is 9.84 Å². The smallest absolute Gasteiger partial charge is 0.217 e. The predicted molar refractivity (Wildman–Crippen MR) is 90.5 cm³/mol. The van der Waals surface area contributed by atoms with Crippen LogP contribution in [0.15, 0.2) is 65.6 Å². The molecule has 0 aliphatic carbocycles. The van der Waals surface area contributed by atoms with E-state index in [1.54, 1.807) is 0 Å². The van der Waals surface area contributed by atoms with E-state index in [-0.39, 0.29) is 0 Å². The van der Waals surface area contributed by atoms with Gasteiger partial charge in [0.05, 0.1) is 4.90 Å². The quantitative estimate of drug-likeness (QED) is 0.445. The molecule has 0 aliphatic rings. The van der Waals surface area contributed by atoms with Crippen molar-refractivity contribution in [3.8, 4) is 0 Å². The number of sulfonamides is 1. The summed E-state index contributed by atoms with van der Waals surface area (Å²) < 4.78 is 143. The van der Waals surface area contributed by atoms with E-state index in [4.69, 9.17) is 0 Å². The molecular weight excluding hydrogens is 467 g/mol. The Hall–Kier alpha value is -2.19. The molecule has 30 heavy (non-hydrogen) atoms. The zero-order chi connectivity index (χ0) is 23.0. The Morgan fingerprint density at radius 1 is 0.700 bits per heavy atom. The molecule has 14 heteroatoms. The van der Waals surface area contributed by atoms with Gasteiger partial charge in [0, 0.05) is 6.54 Å². The van der Waals surface area contributed by atoms with Gasteiger partial charge in [0.15, 0.2) is 0 Å². The predicted octanol–water partition coefficient (Wildman–Crippen LogP) is 4.00. The van der Waals surface area contributed by atoms with Crippen LogP contribution in [0.2, 0.25) is 0 Å².